The predicted octanol–water partition coefficient (Wildman–Crippen LogP) is 3.04. The van der Waals surface area contributed by atoms with E-state index in [1.807, 2.05) is 0 Å². The van der Waals surface area contributed by atoms with Crippen molar-refractivity contribution in [3.8, 4) is 0 Å². The third kappa shape index (κ3) is 4.10. The van der Waals surface area contributed by atoms with Gasteiger partial charge < -0.3 is 5.73 Å². The summed E-state index contributed by atoms with van der Waals surface area (Å²) in [5.74, 6) is 2.44. The fourth-order valence-electron chi connectivity index (χ4n) is 2.02. The maximum absolute atomic E-state index is 5.60. The van der Waals surface area contributed by atoms with Crippen molar-refractivity contribution in [2.24, 2.45) is 23.5 Å². The van der Waals surface area contributed by atoms with E-state index < -0.39 is 0 Å². The van der Waals surface area contributed by atoms with E-state index in [2.05, 4.69) is 27.7 Å². The maximum Gasteiger partial charge on any atom is -0.00514 e. The van der Waals surface area contributed by atoms with Crippen molar-refractivity contribution in [1.82, 2.24) is 0 Å². The van der Waals surface area contributed by atoms with E-state index in [9.17, 15) is 0 Å². The highest BCUT2D eigenvalue weighted by Crippen LogP contribution is 2.24. The van der Waals surface area contributed by atoms with Gasteiger partial charge in [0.1, 0.15) is 0 Å². The fraction of sp³-hybridized carbons (Fsp3) is 1.00. The summed E-state index contributed by atoms with van der Waals surface area (Å²) in [6, 6.07) is 0. The quantitative estimate of drug-likeness (QED) is 0.653. The van der Waals surface area contributed by atoms with Gasteiger partial charge in [-0.1, -0.05) is 40.5 Å². The first-order valence-corrected chi connectivity index (χ1v) is 5.35. The Bertz CT molecular complexity index is 97.2. The molecule has 0 radical (unpaired) electrons. The Hall–Kier alpha value is -0.0400. The van der Waals surface area contributed by atoms with Crippen molar-refractivity contribution in [2.75, 3.05) is 6.54 Å². The smallest absolute Gasteiger partial charge is 0.00514 e. The number of hydrogen-bond acceptors (Lipinski definition) is 1. The molecule has 12 heavy (non-hydrogen) atoms. The van der Waals surface area contributed by atoms with Crippen molar-refractivity contribution in [3.05, 3.63) is 0 Å². The summed E-state index contributed by atoms with van der Waals surface area (Å²) < 4.78 is 0. The van der Waals surface area contributed by atoms with Crippen LogP contribution in [0.3, 0.4) is 0 Å². The lowest BCUT2D eigenvalue weighted by Gasteiger charge is -2.23. The summed E-state index contributed by atoms with van der Waals surface area (Å²) >= 11 is 0. The van der Waals surface area contributed by atoms with Crippen LogP contribution in [0, 0.1) is 17.8 Å². The van der Waals surface area contributed by atoms with Crippen LogP contribution in [0.2, 0.25) is 0 Å². The Morgan fingerprint density at radius 1 is 1.08 bits per heavy atom. The van der Waals surface area contributed by atoms with Crippen LogP contribution in [-0.2, 0) is 0 Å². The van der Waals surface area contributed by atoms with Crippen molar-refractivity contribution in [3.63, 3.8) is 0 Å². The topological polar surface area (TPSA) is 26.0 Å². The van der Waals surface area contributed by atoms with E-state index in [0.717, 1.165) is 18.4 Å². The molecule has 0 spiro atoms. The Balaban J connectivity index is 3.75. The second-order valence-corrected chi connectivity index (χ2v) is 4.13. The van der Waals surface area contributed by atoms with Gasteiger partial charge in [-0.2, -0.15) is 0 Å². The van der Waals surface area contributed by atoms with Crippen LogP contribution in [0.15, 0.2) is 0 Å². The van der Waals surface area contributed by atoms with Crippen LogP contribution >= 0.6 is 0 Å². The first-order chi connectivity index (χ1) is 5.65. The molecule has 0 aliphatic heterocycles. The van der Waals surface area contributed by atoms with Gasteiger partial charge in [0.25, 0.3) is 0 Å². The second kappa shape index (κ2) is 6.47. The number of nitrogens with two attached hydrogens (primary N) is 1. The third-order valence-electron chi connectivity index (χ3n) is 3.03. The summed E-state index contributed by atoms with van der Waals surface area (Å²) in [5.41, 5.74) is 5.60. The zero-order valence-corrected chi connectivity index (χ0v) is 9.14. The van der Waals surface area contributed by atoms with Crippen molar-refractivity contribution in [1.29, 1.82) is 0 Å². The van der Waals surface area contributed by atoms with E-state index in [-0.39, 0.29) is 0 Å². The molecule has 0 aromatic heterocycles. The van der Waals surface area contributed by atoms with Crippen LogP contribution in [0.1, 0.15) is 47.0 Å². The lowest BCUT2D eigenvalue weighted by molar-refractivity contribution is 0.283. The molecule has 0 amide bonds. The van der Waals surface area contributed by atoms with E-state index in [4.69, 9.17) is 5.73 Å². The molecule has 0 aromatic rings. The van der Waals surface area contributed by atoms with Gasteiger partial charge in [0.2, 0.25) is 0 Å². The lowest BCUT2D eigenvalue weighted by Crippen LogP contribution is -2.18. The molecule has 0 aliphatic carbocycles. The first-order valence-electron chi connectivity index (χ1n) is 5.35. The monoisotopic (exact) mass is 171 g/mol. The van der Waals surface area contributed by atoms with E-state index in [0.29, 0.717) is 5.92 Å². The highest BCUT2D eigenvalue weighted by Gasteiger charge is 2.15. The molecule has 2 unspecified atom stereocenters. The molecule has 0 aromatic carbocycles. The first kappa shape index (κ1) is 12.0. The minimum absolute atomic E-state index is 0.695. The van der Waals surface area contributed by atoms with Crippen molar-refractivity contribution in [2.45, 2.75) is 47.0 Å². The molecule has 0 bridgehead atoms. The predicted molar refractivity (Wildman–Crippen MR) is 56.1 cm³/mol. The molecule has 1 heteroatoms. The molecule has 2 N–H and O–H groups in total. The molecule has 0 fully saturated rings. The van der Waals surface area contributed by atoms with Gasteiger partial charge in [0.15, 0.2) is 0 Å². The lowest BCUT2D eigenvalue weighted by atomic mass is 9.83. The Morgan fingerprint density at radius 2 is 1.58 bits per heavy atom. The van der Waals surface area contributed by atoms with E-state index in [1.54, 1.807) is 0 Å². The van der Waals surface area contributed by atoms with Gasteiger partial charge in [-0.25, -0.2) is 0 Å². The molecule has 2 atom stereocenters. The van der Waals surface area contributed by atoms with Gasteiger partial charge >= 0.3 is 0 Å². The van der Waals surface area contributed by atoms with E-state index >= 15 is 0 Å². The van der Waals surface area contributed by atoms with Gasteiger partial charge in [0.05, 0.1) is 0 Å². The molecule has 74 valence electrons. The minimum atomic E-state index is 0.695. The molecule has 0 heterocycles. The largest absolute Gasteiger partial charge is 0.330 e. The van der Waals surface area contributed by atoms with Crippen molar-refractivity contribution < 1.29 is 0 Å². The van der Waals surface area contributed by atoms with Crippen molar-refractivity contribution >= 4 is 0 Å². The molecular weight excluding hydrogens is 146 g/mol. The van der Waals surface area contributed by atoms with Crippen LogP contribution in [0.4, 0.5) is 0 Å². The molecular formula is C11H25N. The fourth-order valence-corrected chi connectivity index (χ4v) is 2.02. The molecule has 0 saturated carbocycles. The van der Waals surface area contributed by atoms with Crippen LogP contribution in [0.25, 0.3) is 0 Å². The maximum atomic E-state index is 5.60. The minimum Gasteiger partial charge on any atom is -0.330 e. The Morgan fingerprint density at radius 3 is 1.92 bits per heavy atom. The summed E-state index contributed by atoms with van der Waals surface area (Å²) in [7, 11) is 0. The summed E-state index contributed by atoms with van der Waals surface area (Å²) in [4.78, 5) is 0. The summed E-state index contributed by atoms with van der Waals surface area (Å²) in [5, 5.41) is 0. The van der Waals surface area contributed by atoms with Crippen LogP contribution < -0.4 is 5.73 Å². The van der Waals surface area contributed by atoms with Gasteiger partial charge in [-0.05, 0) is 30.7 Å². The molecule has 1 nitrogen and oxygen atoms in total. The third-order valence-corrected chi connectivity index (χ3v) is 3.03. The zero-order chi connectivity index (χ0) is 9.56. The van der Waals surface area contributed by atoms with Gasteiger partial charge in [-0.15, -0.1) is 0 Å². The summed E-state index contributed by atoms with van der Waals surface area (Å²) in [6.45, 7) is 10.0. The standard InChI is InChI=1S/C11H25N/c1-5-11(6-2)10(4)7-9(3)8-12/h9-11H,5-8,12H2,1-4H3. The second-order valence-electron chi connectivity index (χ2n) is 4.13. The molecule has 0 saturated heterocycles. The SMILES string of the molecule is CCC(CC)C(C)CC(C)CN. The average Bonchev–Trinajstić information content (AvgIpc) is 2.06. The van der Waals surface area contributed by atoms with Gasteiger partial charge in [0, 0.05) is 0 Å². The highest BCUT2D eigenvalue weighted by molar-refractivity contribution is 4.67. The Kier molecular flexibility index (Phi) is 6.45. The highest BCUT2D eigenvalue weighted by atomic mass is 14.5. The van der Waals surface area contributed by atoms with Gasteiger partial charge in [-0.3, -0.25) is 0 Å². The summed E-state index contributed by atoms with van der Waals surface area (Å²) in [6.07, 6.45) is 3.92. The zero-order valence-electron chi connectivity index (χ0n) is 9.14. The normalized spacial score (nSPS) is 16.5. The Labute approximate surface area is 77.7 Å². The van der Waals surface area contributed by atoms with Crippen LogP contribution in [0.5, 0.6) is 0 Å². The number of hydrogen-bond donors (Lipinski definition) is 1. The molecule has 0 aliphatic rings. The average molecular weight is 171 g/mol. The van der Waals surface area contributed by atoms with E-state index in [1.165, 1.54) is 19.3 Å². The van der Waals surface area contributed by atoms with Crippen LogP contribution in [-0.4, -0.2) is 6.54 Å². The number of rotatable bonds is 6. The molecule has 0 rings (SSSR count).